The third-order valence-electron chi connectivity index (χ3n) is 5.73. The Labute approximate surface area is 165 Å². The van der Waals surface area contributed by atoms with Gasteiger partial charge in [-0.3, -0.25) is 4.90 Å². The Morgan fingerprint density at radius 1 is 1.07 bits per heavy atom. The molecular formula is C23H25N3O2. The number of rotatable bonds is 7. The SMILES string of the molecule is CCOc1ccccc1-c1noc(CN(C2CC2)C2CCc3ccccc32)n1. The fraction of sp³-hybridized carbons (Fsp3) is 0.391. The van der Waals surface area contributed by atoms with Gasteiger partial charge in [0.05, 0.1) is 18.7 Å². The van der Waals surface area contributed by atoms with Crippen LogP contribution in [0.3, 0.4) is 0 Å². The molecule has 5 rings (SSSR count). The van der Waals surface area contributed by atoms with Crippen LogP contribution >= 0.6 is 0 Å². The highest BCUT2D eigenvalue weighted by molar-refractivity contribution is 5.63. The third kappa shape index (κ3) is 3.31. The van der Waals surface area contributed by atoms with Crippen LogP contribution in [0.15, 0.2) is 53.1 Å². The van der Waals surface area contributed by atoms with Crippen LogP contribution in [-0.4, -0.2) is 27.7 Å². The summed E-state index contributed by atoms with van der Waals surface area (Å²) in [6.45, 7) is 3.29. The van der Waals surface area contributed by atoms with E-state index in [4.69, 9.17) is 14.2 Å². The van der Waals surface area contributed by atoms with Crippen LogP contribution in [0, 0.1) is 0 Å². The van der Waals surface area contributed by atoms with Gasteiger partial charge in [0.25, 0.3) is 0 Å². The Morgan fingerprint density at radius 3 is 2.75 bits per heavy atom. The molecule has 0 saturated heterocycles. The number of nitrogens with zero attached hydrogens (tertiary/aromatic N) is 3. The largest absolute Gasteiger partial charge is 0.493 e. The second kappa shape index (κ2) is 7.40. The Morgan fingerprint density at radius 2 is 1.89 bits per heavy atom. The van der Waals surface area contributed by atoms with Crippen LogP contribution in [0.1, 0.15) is 49.2 Å². The van der Waals surface area contributed by atoms with E-state index in [2.05, 4.69) is 34.3 Å². The fourth-order valence-electron chi connectivity index (χ4n) is 4.30. The molecule has 1 fully saturated rings. The molecule has 144 valence electrons. The van der Waals surface area contributed by atoms with Crippen molar-refractivity contribution in [3.8, 4) is 17.1 Å². The number of fused-ring (bicyclic) bond motifs is 1. The van der Waals surface area contributed by atoms with E-state index in [0.29, 0.717) is 37.0 Å². The second-order valence-corrected chi connectivity index (χ2v) is 7.60. The molecule has 2 aliphatic carbocycles. The number of aromatic nitrogens is 2. The normalized spacial score (nSPS) is 18.4. The molecule has 1 atom stereocenters. The van der Waals surface area contributed by atoms with Crippen molar-refractivity contribution >= 4 is 0 Å². The molecule has 2 aromatic carbocycles. The molecule has 2 aliphatic rings. The Kier molecular flexibility index (Phi) is 4.61. The molecule has 0 amide bonds. The van der Waals surface area contributed by atoms with Gasteiger partial charge in [0, 0.05) is 12.1 Å². The lowest BCUT2D eigenvalue weighted by molar-refractivity contribution is 0.154. The molecule has 1 aromatic heterocycles. The van der Waals surface area contributed by atoms with Crippen LogP contribution in [0.2, 0.25) is 0 Å². The summed E-state index contributed by atoms with van der Waals surface area (Å²) in [6, 6.07) is 17.8. The highest BCUT2D eigenvalue weighted by Gasteiger charge is 2.38. The first-order chi connectivity index (χ1) is 13.8. The second-order valence-electron chi connectivity index (χ2n) is 7.60. The Balaban J connectivity index is 1.39. The molecule has 3 aromatic rings. The smallest absolute Gasteiger partial charge is 0.241 e. The van der Waals surface area contributed by atoms with E-state index >= 15 is 0 Å². The molecule has 0 aliphatic heterocycles. The zero-order valence-corrected chi connectivity index (χ0v) is 16.2. The standard InChI is InChI=1S/C23H25N3O2/c1-2-27-21-10-6-5-9-19(21)23-24-22(28-25-23)15-26(17-12-13-17)20-14-11-16-7-3-4-8-18(16)20/h3-10,17,20H,2,11-15H2,1H3. The fourth-order valence-corrected chi connectivity index (χ4v) is 4.30. The monoisotopic (exact) mass is 375 g/mol. The van der Waals surface area contributed by atoms with Gasteiger partial charge in [0.1, 0.15) is 5.75 Å². The van der Waals surface area contributed by atoms with Crippen LogP contribution in [0.25, 0.3) is 11.4 Å². The third-order valence-corrected chi connectivity index (χ3v) is 5.73. The lowest BCUT2D eigenvalue weighted by Gasteiger charge is -2.28. The maximum Gasteiger partial charge on any atom is 0.241 e. The highest BCUT2D eigenvalue weighted by atomic mass is 16.5. The first kappa shape index (κ1) is 17.4. The summed E-state index contributed by atoms with van der Waals surface area (Å²) in [4.78, 5) is 7.27. The molecule has 0 radical (unpaired) electrons. The van der Waals surface area contributed by atoms with Gasteiger partial charge in [0.2, 0.25) is 11.7 Å². The quantitative estimate of drug-likeness (QED) is 0.594. The van der Waals surface area contributed by atoms with Crippen molar-refractivity contribution in [2.75, 3.05) is 6.61 Å². The van der Waals surface area contributed by atoms with E-state index in [1.54, 1.807) is 0 Å². The molecule has 0 bridgehead atoms. The van der Waals surface area contributed by atoms with E-state index < -0.39 is 0 Å². The van der Waals surface area contributed by atoms with Crippen LogP contribution < -0.4 is 4.74 Å². The van der Waals surface area contributed by atoms with Gasteiger partial charge < -0.3 is 9.26 Å². The average molecular weight is 375 g/mol. The topological polar surface area (TPSA) is 51.4 Å². The van der Waals surface area contributed by atoms with Crippen LogP contribution in [0.5, 0.6) is 5.75 Å². The van der Waals surface area contributed by atoms with E-state index in [1.165, 1.54) is 30.4 Å². The van der Waals surface area contributed by atoms with Crippen molar-refractivity contribution in [1.82, 2.24) is 15.0 Å². The van der Waals surface area contributed by atoms with Crippen molar-refractivity contribution in [2.24, 2.45) is 0 Å². The number of aryl methyl sites for hydroxylation is 1. The number of hydrogen-bond acceptors (Lipinski definition) is 5. The summed E-state index contributed by atoms with van der Waals surface area (Å²) >= 11 is 0. The predicted molar refractivity (Wildman–Crippen MR) is 107 cm³/mol. The number of ether oxygens (including phenoxy) is 1. The molecule has 1 saturated carbocycles. The highest BCUT2D eigenvalue weighted by Crippen LogP contribution is 2.42. The molecule has 0 spiro atoms. The average Bonchev–Trinajstić information content (AvgIpc) is 3.31. The van der Waals surface area contributed by atoms with E-state index in [-0.39, 0.29) is 0 Å². The van der Waals surface area contributed by atoms with Crippen LogP contribution in [-0.2, 0) is 13.0 Å². The van der Waals surface area contributed by atoms with Gasteiger partial charge in [-0.1, -0.05) is 41.6 Å². The van der Waals surface area contributed by atoms with Crippen molar-refractivity contribution in [3.63, 3.8) is 0 Å². The first-order valence-corrected chi connectivity index (χ1v) is 10.2. The molecular weight excluding hydrogens is 350 g/mol. The summed E-state index contributed by atoms with van der Waals surface area (Å²) in [5, 5.41) is 4.24. The van der Waals surface area contributed by atoms with E-state index in [1.807, 2.05) is 31.2 Å². The summed E-state index contributed by atoms with van der Waals surface area (Å²) < 4.78 is 11.4. The van der Waals surface area contributed by atoms with Gasteiger partial charge >= 0.3 is 0 Å². The maximum atomic E-state index is 5.72. The lowest BCUT2D eigenvalue weighted by atomic mass is 10.1. The first-order valence-electron chi connectivity index (χ1n) is 10.2. The Hall–Kier alpha value is -2.66. The summed E-state index contributed by atoms with van der Waals surface area (Å²) in [5.41, 5.74) is 3.83. The molecule has 1 heterocycles. The van der Waals surface area contributed by atoms with E-state index in [0.717, 1.165) is 17.7 Å². The summed E-state index contributed by atoms with van der Waals surface area (Å²) in [7, 11) is 0. The molecule has 28 heavy (non-hydrogen) atoms. The van der Waals surface area contributed by atoms with Crippen molar-refractivity contribution in [2.45, 2.75) is 51.2 Å². The minimum absolute atomic E-state index is 0.453. The van der Waals surface area contributed by atoms with Gasteiger partial charge in [-0.2, -0.15) is 4.98 Å². The number of benzene rings is 2. The van der Waals surface area contributed by atoms with Crippen LogP contribution in [0.4, 0.5) is 0 Å². The van der Waals surface area contributed by atoms with Crippen molar-refractivity contribution < 1.29 is 9.26 Å². The summed E-state index contributed by atoms with van der Waals surface area (Å²) in [5.74, 6) is 2.07. The molecule has 1 unspecified atom stereocenters. The van der Waals surface area contributed by atoms with Gasteiger partial charge in [-0.25, -0.2) is 0 Å². The minimum atomic E-state index is 0.453. The predicted octanol–water partition coefficient (Wildman–Crippen LogP) is 4.79. The lowest BCUT2D eigenvalue weighted by Crippen LogP contribution is -2.29. The zero-order valence-electron chi connectivity index (χ0n) is 16.2. The van der Waals surface area contributed by atoms with Crippen molar-refractivity contribution in [3.05, 3.63) is 65.5 Å². The Bertz CT molecular complexity index is 964. The minimum Gasteiger partial charge on any atom is -0.493 e. The zero-order chi connectivity index (χ0) is 18.9. The van der Waals surface area contributed by atoms with E-state index in [9.17, 15) is 0 Å². The number of para-hydroxylation sites is 1. The molecule has 5 heteroatoms. The number of hydrogen-bond donors (Lipinski definition) is 0. The summed E-state index contributed by atoms with van der Waals surface area (Å²) in [6.07, 6.45) is 4.84. The van der Waals surface area contributed by atoms with Gasteiger partial charge in [-0.15, -0.1) is 0 Å². The van der Waals surface area contributed by atoms with Crippen molar-refractivity contribution in [1.29, 1.82) is 0 Å². The van der Waals surface area contributed by atoms with Gasteiger partial charge in [0.15, 0.2) is 0 Å². The molecule has 0 N–H and O–H groups in total. The maximum absolute atomic E-state index is 5.72. The van der Waals surface area contributed by atoms with Gasteiger partial charge in [-0.05, 0) is 55.9 Å². The molecule has 5 nitrogen and oxygen atoms in total.